The predicted octanol–water partition coefficient (Wildman–Crippen LogP) is 1.03. The van der Waals surface area contributed by atoms with Crippen molar-refractivity contribution in [3.8, 4) is 17.2 Å². The summed E-state index contributed by atoms with van der Waals surface area (Å²) in [4.78, 5) is 25.5. The molecule has 1 aromatic carbocycles. The highest BCUT2D eigenvalue weighted by molar-refractivity contribution is 5.98. The Kier molecular flexibility index (Phi) is 5.50. The molecule has 1 aromatic rings. The fraction of sp³-hybridized carbons (Fsp3) is 0.500. The second kappa shape index (κ2) is 7.39. The molecule has 0 radical (unpaired) electrons. The van der Waals surface area contributed by atoms with Gasteiger partial charge in [0.05, 0.1) is 39.5 Å². The summed E-state index contributed by atoms with van der Waals surface area (Å²) in [6.45, 7) is 1.98. The molecule has 1 aliphatic rings. The van der Waals surface area contributed by atoms with Crippen molar-refractivity contribution in [1.29, 1.82) is 0 Å². The number of hydrogen-bond donors (Lipinski definition) is 1. The maximum absolute atomic E-state index is 12.9. The normalized spacial score (nSPS) is 20.4. The van der Waals surface area contributed by atoms with Gasteiger partial charge in [0.1, 0.15) is 5.75 Å². The summed E-state index contributed by atoms with van der Waals surface area (Å²) in [7, 11) is 4.40. The van der Waals surface area contributed by atoms with Gasteiger partial charge in [0.15, 0.2) is 17.6 Å². The summed E-state index contributed by atoms with van der Waals surface area (Å²) in [6, 6.07) is 3.08. The number of rotatable bonds is 5. The fourth-order valence-electron chi connectivity index (χ4n) is 2.62. The van der Waals surface area contributed by atoms with E-state index in [2.05, 4.69) is 0 Å². The van der Waals surface area contributed by atoms with Crippen molar-refractivity contribution in [3.63, 3.8) is 0 Å². The van der Waals surface area contributed by atoms with Crippen molar-refractivity contribution in [2.75, 3.05) is 34.4 Å². The molecule has 0 aromatic heterocycles. The smallest absolute Gasteiger partial charge is 0.334 e. The van der Waals surface area contributed by atoms with Gasteiger partial charge in [-0.25, -0.2) is 4.79 Å². The Morgan fingerprint density at radius 3 is 2.21 bits per heavy atom. The van der Waals surface area contributed by atoms with Crippen molar-refractivity contribution in [2.45, 2.75) is 19.1 Å². The molecular formula is C16H21NO7. The summed E-state index contributed by atoms with van der Waals surface area (Å²) in [6.07, 6.45) is -1.43. The van der Waals surface area contributed by atoms with Crippen LogP contribution >= 0.6 is 0 Å². The maximum Gasteiger partial charge on any atom is 0.334 e. The zero-order valence-corrected chi connectivity index (χ0v) is 14.1. The fourth-order valence-corrected chi connectivity index (χ4v) is 2.62. The Bertz CT molecular complexity index is 631. The number of amides is 1. The van der Waals surface area contributed by atoms with Crippen molar-refractivity contribution in [3.05, 3.63) is 17.7 Å². The number of benzene rings is 1. The molecule has 1 aliphatic heterocycles. The monoisotopic (exact) mass is 339 g/mol. The van der Waals surface area contributed by atoms with Gasteiger partial charge in [0.2, 0.25) is 0 Å². The SMILES string of the molecule is COc1cc(OC)c(C(=O)N2CC(C(=O)O)O[C@H](C)C2)cc1OC. The highest BCUT2D eigenvalue weighted by atomic mass is 16.5. The van der Waals surface area contributed by atoms with Crippen LogP contribution in [-0.2, 0) is 9.53 Å². The molecule has 2 rings (SSSR count). The average molecular weight is 339 g/mol. The van der Waals surface area contributed by atoms with Crippen LogP contribution in [0.5, 0.6) is 17.2 Å². The van der Waals surface area contributed by atoms with Crippen LogP contribution in [0.15, 0.2) is 12.1 Å². The van der Waals surface area contributed by atoms with Gasteiger partial charge in [-0.2, -0.15) is 0 Å². The van der Waals surface area contributed by atoms with Crippen LogP contribution in [0.2, 0.25) is 0 Å². The number of carbonyl (C=O) groups is 2. The van der Waals surface area contributed by atoms with Crippen molar-refractivity contribution in [2.24, 2.45) is 0 Å². The second-order valence-corrected chi connectivity index (χ2v) is 5.39. The number of carboxylic acids is 1. The molecular weight excluding hydrogens is 318 g/mol. The molecule has 0 saturated carbocycles. The number of carbonyl (C=O) groups excluding carboxylic acids is 1. The molecule has 24 heavy (non-hydrogen) atoms. The minimum atomic E-state index is -1.10. The van der Waals surface area contributed by atoms with Crippen molar-refractivity contribution in [1.82, 2.24) is 4.90 Å². The summed E-state index contributed by atoms with van der Waals surface area (Å²) < 4.78 is 21.0. The lowest BCUT2D eigenvalue weighted by Crippen LogP contribution is -2.51. The zero-order chi connectivity index (χ0) is 17.9. The first-order valence-corrected chi connectivity index (χ1v) is 7.38. The largest absolute Gasteiger partial charge is 0.496 e. The van der Waals surface area contributed by atoms with Crippen LogP contribution in [0.1, 0.15) is 17.3 Å². The number of ether oxygens (including phenoxy) is 4. The van der Waals surface area contributed by atoms with E-state index in [1.165, 1.54) is 32.3 Å². The second-order valence-electron chi connectivity index (χ2n) is 5.39. The average Bonchev–Trinajstić information content (AvgIpc) is 2.59. The van der Waals surface area contributed by atoms with Crippen LogP contribution in [0.25, 0.3) is 0 Å². The lowest BCUT2D eigenvalue weighted by molar-refractivity contribution is -0.160. The Hall–Kier alpha value is -2.48. The first-order valence-electron chi connectivity index (χ1n) is 7.38. The van der Waals surface area contributed by atoms with Gasteiger partial charge in [0, 0.05) is 18.7 Å². The van der Waals surface area contributed by atoms with Crippen LogP contribution < -0.4 is 14.2 Å². The maximum atomic E-state index is 12.9. The highest BCUT2D eigenvalue weighted by Gasteiger charge is 2.34. The first-order chi connectivity index (χ1) is 11.4. The number of carboxylic acid groups (broad SMARTS) is 1. The third-order valence-corrected chi connectivity index (χ3v) is 3.76. The number of nitrogens with zero attached hydrogens (tertiary/aromatic N) is 1. The molecule has 1 unspecified atom stereocenters. The van der Waals surface area contributed by atoms with E-state index < -0.39 is 12.1 Å². The summed E-state index contributed by atoms with van der Waals surface area (Å²) in [5.74, 6) is -0.307. The van der Waals surface area contributed by atoms with Gasteiger partial charge < -0.3 is 29.0 Å². The van der Waals surface area contributed by atoms with E-state index in [0.717, 1.165) is 0 Å². The van der Waals surface area contributed by atoms with Gasteiger partial charge in [-0.05, 0) is 6.92 Å². The molecule has 8 heteroatoms. The number of morpholine rings is 1. The molecule has 0 spiro atoms. The zero-order valence-electron chi connectivity index (χ0n) is 14.1. The molecule has 8 nitrogen and oxygen atoms in total. The van der Waals surface area contributed by atoms with Gasteiger partial charge in [-0.3, -0.25) is 4.79 Å². The predicted molar refractivity (Wildman–Crippen MR) is 84.0 cm³/mol. The topological polar surface area (TPSA) is 94.5 Å². The number of aliphatic carboxylic acids is 1. The van der Waals surface area contributed by atoms with Crippen molar-refractivity contribution >= 4 is 11.9 Å². The molecule has 1 amide bonds. The summed E-state index contributed by atoms with van der Waals surface area (Å²) in [5.41, 5.74) is 0.272. The number of methoxy groups -OCH3 is 3. The van der Waals surface area contributed by atoms with Gasteiger partial charge in [0.25, 0.3) is 5.91 Å². The first kappa shape index (κ1) is 17.9. The Morgan fingerprint density at radius 1 is 1.08 bits per heavy atom. The third kappa shape index (κ3) is 3.53. The van der Waals surface area contributed by atoms with E-state index >= 15 is 0 Å². The molecule has 1 N–H and O–H groups in total. The Balaban J connectivity index is 2.36. The van der Waals surface area contributed by atoms with Crippen molar-refractivity contribution < 1.29 is 33.6 Å². The van der Waals surface area contributed by atoms with Crippen LogP contribution in [-0.4, -0.2) is 68.5 Å². The molecule has 1 fully saturated rings. The van der Waals surface area contributed by atoms with E-state index in [1.807, 2.05) is 0 Å². The molecule has 132 valence electrons. The third-order valence-electron chi connectivity index (χ3n) is 3.76. The van der Waals surface area contributed by atoms with Gasteiger partial charge >= 0.3 is 5.97 Å². The van der Waals surface area contributed by atoms with E-state index in [1.54, 1.807) is 13.0 Å². The molecule has 0 bridgehead atoms. The summed E-state index contributed by atoms with van der Waals surface area (Å²) in [5, 5.41) is 9.15. The number of hydrogen-bond acceptors (Lipinski definition) is 6. The molecule has 2 atom stereocenters. The van der Waals surface area contributed by atoms with E-state index in [4.69, 9.17) is 24.1 Å². The van der Waals surface area contributed by atoms with E-state index in [0.29, 0.717) is 23.8 Å². The molecule has 1 heterocycles. The van der Waals surface area contributed by atoms with Crippen LogP contribution in [0.3, 0.4) is 0 Å². The van der Waals surface area contributed by atoms with Crippen LogP contribution in [0.4, 0.5) is 0 Å². The van der Waals surface area contributed by atoms with Gasteiger partial charge in [-0.15, -0.1) is 0 Å². The highest BCUT2D eigenvalue weighted by Crippen LogP contribution is 2.35. The van der Waals surface area contributed by atoms with E-state index in [-0.39, 0.29) is 24.1 Å². The lowest BCUT2D eigenvalue weighted by atomic mass is 10.1. The standard InChI is InChI=1S/C16H21NO7/c1-9-7-17(8-14(24-9)16(19)20)15(18)10-5-12(22-3)13(23-4)6-11(10)21-2/h5-6,9,14H,7-8H2,1-4H3,(H,19,20)/t9-,14?/m1/s1. The minimum absolute atomic E-state index is 0.0317. The minimum Gasteiger partial charge on any atom is -0.496 e. The quantitative estimate of drug-likeness (QED) is 0.856. The Labute approximate surface area is 139 Å². The lowest BCUT2D eigenvalue weighted by Gasteiger charge is -2.35. The molecule has 0 aliphatic carbocycles. The van der Waals surface area contributed by atoms with Crippen LogP contribution in [0, 0.1) is 0 Å². The van der Waals surface area contributed by atoms with E-state index in [9.17, 15) is 9.59 Å². The van der Waals surface area contributed by atoms with Gasteiger partial charge in [-0.1, -0.05) is 0 Å². The summed E-state index contributed by atoms with van der Waals surface area (Å²) >= 11 is 0. The molecule has 1 saturated heterocycles. The Morgan fingerprint density at radius 2 is 1.67 bits per heavy atom.